The van der Waals surface area contributed by atoms with Gasteiger partial charge in [0.25, 0.3) is 0 Å². The molecular weight excluding hydrogens is 400 g/mol. The summed E-state index contributed by atoms with van der Waals surface area (Å²) in [5.41, 5.74) is 2.20. The van der Waals surface area contributed by atoms with Gasteiger partial charge in [-0.1, -0.05) is 23.7 Å². The van der Waals surface area contributed by atoms with E-state index in [1.807, 2.05) is 26.0 Å². The average Bonchev–Trinajstić information content (AvgIpc) is 2.62. The van der Waals surface area contributed by atoms with Crippen molar-refractivity contribution in [3.05, 3.63) is 58.6 Å². The molecule has 0 aliphatic rings. The maximum absolute atomic E-state index is 12.6. The summed E-state index contributed by atoms with van der Waals surface area (Å²) < 4.78 is 31.5. The molecule has 0 unspecified atom stereocenters. The van der Waals surface area contributed by atoms with E-state index in [1.54, 1.807) is 37.3 Å². The van der Waals surface area contributed by atoms with Crippen LogP contribution in [0.25, 0.3) is 0 Å². The molecule has 2 aromatic carbocycles. The lowest BCUT2D eigenvalue weighted by Gasteiger charge is -2.29. The molecule has 8 heteroatoms. The highest BCUT2D eigenvalue weighted by Gasteiger charge is 2.30. The highest BCUT2D eigenvalue weighted by molar-refractivity contribution is 7.92. The molecule has 0 saturated carbocycles. The van der Waals surface area contributed by atoms with Crippen LogP contribution in [0.2, 0.25) is 5.02 Å². The lowest BCUT2D eigenvalue weighted by molar-refractivity contribution is -0.121. The number of amides is 1. The standard InChI is InChI=1S/C20H25ClN2O4S/c1-14-5-6-15(2)19(13-14)23(28(4,25)26)16(3)20(24)22-11-12-27-18-9-7-17(21)8-10-18/h5-10,13,16H,11-12H2,1-4H3,(H,22,24)/t16-/m0/s1. The van der Waals surface area contributed by atoms with Crippen molar-refractivity contribution in [3.8, 4) is 5.75 Å². The molecule has 152 valence electrons. The second kappa shape index (κ2) is 9.30. The van der Waals surface area contributed by atoms with Crippen molar-refractivity contribution in [2.24, 2.45) is 0 Å². The van der Waals surface area contributed by atoms with Crippen LogP contribution in [-0.2, 0) is 14.8 Å². The van der Waals surface area contributed by atoms with Crippen LogP contribution >= 0.6 is 11.6 Å². The Balaban J connectivity index is 2.03. The SMILES string of the molecule is Cc1ccc(C)c(N([C@@H](C)C(=O)NCCOc2ccc(Cl)cc2)S(C)(=O)=O)c1. The molecule has 1 atom stereocenters. The van der Waals surface area contributed by atoms with E-state index in [4.69, 9.17) is 16.3 Å². The minimum atomic E-state index is -3.65. The Bertz CT molecular complexity index is 930. The van der Waals surface area contributed by atoms with Crippen molar-refractivity contribution in [1.29, 1.82) is 0 Å². The van der Waals surface area contributed by atoms with Gasteiger partial charge in [-0.2, -0.15) is 0 Å². The van der Waals surface area contributed by atoms with Crippen molar-refractivity contribution in [3.63, 3.8) is 0 Å². The summed E-state index contributed by atoms with van der Waals surface area (Å²) in [4.78, 5) is 12.6. The van der Waals surface area contributed by atoms with Crippen LogP contribution in [0, 0.1) is 13.8 Å². The van der Waals surface area contributed by atoms with Crippen molar-refractivity contribution < 1.29 is 17.9 Å². The molecule has 6 nitrogen and oxygen atoms in total. The lowest BCUT2D eigenvalue weighted by atomic mass is 10.1. The Hall–Kier alpha value is -2.25. The Morgan fingerprint density at radius 3 is 2.43 bits per heavy atom. The number of nitrogens with one attached hydrogen (secondary N) is 1. The highest BCUT2D eigenvalue weighted by atomic mass is 35.5. The molecule has 0 saturated heterocycles. The van der Waals surface area contributed by atoms with Crippen LogP contribution in [0.4, 0.5) is 5.69 Å². The summed E-state index contributed by atoms with van der Waals surface area (Å²) >= 11 is 5.82. The number of carbonyl (C=O) groups excluding carboxylic acids is 1. The van der Waals surface area contributed by atoms with Crippen molar-refractivity contribution >= 4 is 33.2 Å². The lowest BCUT2D eigenvalue weighted by Crippen LogP contribution is -2.48. The largest absolute Gasteiger partial charge is 0.492 e. The first-order valence-corrected chi connectivity index (χ1v) is 11.0. The van der Waals surface area contributed by atoms with Gasteiger partial charge in [0.15, 0.2) is 0 Å². The number of halogens is 1. The smallest absolute Gasteiger partial charge is 0.243 e. The highest BCUT2D eigenvalue weighted by Crippen LogP contribution is 2.26. The Morgan fingerprint density at radius 1 is 1.18 bits per heavy atom. The van der Waals surface area contributed by atoms with Gasteiger partial charge in [-0.05, 0) is 62.2 Å². The first-order chi connectivity index (χ1) is 13.1. The molecule has 0 bridgehead atoms. The summed E-state index contributed by atoms with van der Waals surface area (Å²) in [6.45, 7) is 5.76. The van der Waals surface area contributed by atoms with Crippen LogP contribution in [0.15, 0.2) is 42.5 Å². The summed E-state index contributed by atoms with van der Waals surface area (Å²) in [5, 5.41) is 3.34. The maximum atomic E-state index is 12.6. The minimum absolute atomic E-state index is 0.246. The van der Waals surface area contributed by atoms with Gasteiger partial charge >= 0.3 is 0 Å². The average molecular weight is 425 g/mol. The van der Waals surface area contributed by atoms with Crippen molar-refractivity contribution in [1.82, 2.24) is 5.32 Å². The zero-order chi connectivity index (χ0) is 20.9. The summed E-state index contributed by atoms with van der Waals surface area (Å²) in [5.74, 6) is 0.242. The molecule has 0 fully saturated rings. The number of benzene rings is 2. The number of nitrogens with zero attached hydrogens (tertiary/aromatic N) is 1. The fraction of sp³-hybridized carbons (Fsp3) is 0.350. The number of aryl methyl sites for hydroxylation is 2. The van der Waals surface area contributed by atoms with Crippen LogP contribution in [0.1, 0.15) is 18.1 Å². The van der Waals surface area contributed by atoms with E-state index < -0.39 is 22.0 Å². The number of carbonyl (C=O) groups is 1. The third-order valence-corrected chi connectivity index (χ3v) is 5.65. The Morgan fingerprint density at radius 2 is 1.82 bits per heavy atom. The van der Waals surface area contributed by atoms with Crippen LogP contribution in [0.3, 0.4) is 0 Å². The molecule has 0 radical (unpaired) electrons. The molecule has 0 spiro atoms. The van der Waals surface area contributed by atoms with Gasteiger partial charge in [0.05, 0.1) is 18.5 Å². The molecule has 28 heavy (non-hydrogen) atoms. The molecular formula is C20H25ClN2O4S. The fourth-order valence-corrected chi connectivity index (χ4v) is 4.11. The second-order valence-electron chi connectivity index (χ2n) is 6.62. The molecule has 1 amide bonds. The van der Waals surface area contributed by atoms with Crippen molar-refractivity contribution in [2.45, 2.75) is 26.8 Å². The number of ether oxygens (including phenoxy) is 1. The molecule has 0 aliphatic carbocycles. The van der Waals surface area contributed by atoms with Gasteiger partial charge in [0.2, 0.25) is 15.9 Å². The number of anilines is 1. The van der Waals surface area contributed by atoms with E-state index in [0.29, 0.717) is 16.5 Å². The first kappa shape index (κ1) is 22.0. The van der Waals surface area contributed by atoms with E-state index in [1.165, 1.54) is 0 Å². The monoisotopic (exact) mass is 424 g/mol. The van der Waals surface area contributed by atoms with Gasteiger partial charge in [0.1, 0.15) is 18.4 Å². The van der Waals surface area contributed by atoms with E-state index in [9.17, 15) is 13.2 Å². The quantitative estimate of drug-likeness (QED) is 0.659. The molecule has 0 heterocycles. The number of hydrogen-bond acceptors (Lipinski definition) is 4. The third-order valence-electron chi connectivity index (χ3n) is 4.17. The molecule has 2 aromatic rings. The van der Waals surface area contributed by atoms with Crippen molar-refractivity contribution in [2.75, 3.05) is 23.7 Å². The Kier molecular flexibility index (Phi) is 7.32. The summed E-state index contributed by atoms with van der Waals surface area (Å²) in [6.07, 6.45) is 1.10. The molecule has 1 N–H and O–H groups in total. The van der Waals surface area contributed by atoms with E-state index in [2.05, 4.69) is 5.32 Å². The zero-order valence-electron chi connectivity index (χ0n) is 16.4. The number of hydrogen-bond donors (Lipinski definition) is 1. The van der Waals surface area contributed by atoms with Crippen LogP contribution in [0.5, 0.6) is 5.75 Å². The van der Waals surface area contributed by atoms with Gasteiger partial charge in [-0.25, -0.2) is 8.42 Å². The minimum Gasteiger partial charge on any atom is -0.492 e. The maximum Gasteiger partial charge on any atom is 0.243 e. The van der Waals surface area contributed by atoms with Gasteiger partial charge < -0.3 is 10.1 Å². The predicted molar refractivity (Wildman–Crippen MR) is 113 cm³/mol. The van der Waals surface area contributed by atoms with Gasteiger partial charge in [0, 0.05) is 5.02 Å². The molecule has 0 aromatic heterocycles. The normalized spacial score (nSPS) is 12.3. The van der Waals surface area contributed by atoms with Gasteiger partial charge in [-0.15, -0.1) is 0 Å². The number of rotatable bonds is 8. The molecule has 2 rings (SSSR count). The van der Waals surface area contributed by atoms with Gasteiger partial charge in [-0.3, -0.25) is 9.10 Å². The van der Waals surface area contributed by atoms with Crippen LogP contribution in [-0.4, -0.2) is 39.8 Å². The topological polar surface area (TPSA) is 75.7 Å². The predicted octanol–water partition coefficient (Wildman–Crippen LogP) is 3.31. The second-order valence-corrected chi connectivity index (χ2v) is 8.91. The van der Waals surface area contributed by atoms with E-state index >= 15 is 0 Å². The number of sulfonamides is 1. The summed E-state index contributed by atoms with van der Waals surface area (Å²) in [7, 11) is -3.65. The summed E-state index contributed by atoms with van der Waals surface area (Å²) in [6, 6.07) is 11.5. The Labute approximate surface area is 171 Å². The molecule has 0 aliphatic heterocycles. The fourth-order valence-electron chi connectivity index (χ4n) is 2.76. The first-order valence-electron chi connectivity index (χ1n) is 8.82. The van der Waals surface area contributed by atoms with Crippen LogP contribution < -0.4 is 14.4 Å². The van der Waals surface area contributed by atoms with E-state index in [-0.39, 0.29) is 13.2 Å². The third kappa shape index (κ3) is 5.87. The van der Waals surface area contributed by atoms with E-state index in [0.717, 1.165) is 21.7 Å². The zero-order valence-corrected chi connectivity index (χ0v) is 18.0.